The van der Waals surface area contributed by atoms with E-state index < -0.39 is 6.10 Å². The van der Waals surface area contributed by atoms with Crippen molar-refractivity contribution in [3.05, 3.63) is 23.9 Å². The highest BCUT2D eigenvalue weighted by Gasteiger charge is 2.24. The highest BCUT2D eigenvalue weighted by atomic mass is 35.5. The van der Waals surface area contributed by atoms with Gasteiger partial charge in [-0.2, -0.15) is 0 Å². The van der Waals surface area contributed by atoms with Gasteiger partial charge in [0, 0.05) is 24.4 Å². The summed E-state index contributed by atoms with van der Waals surface area (Å²) in [6, 6.07) is 3.39. The maximum atomic E-state index is 10.5. The van der Waals surface area contributed by atoms with Gasteiger partial charge in [-0.05, 0) is 57.6 Å². The highest BCUT2D eigenvalue weighted by molar-refractivity contribution is 6.13. The van der Waals surface area contributed by atoms with Crippen molar-refractivity contribution in [2.75, 3.05) is 19.6 Å². The van der Waals surface area contributed by atoms with Crippen LogP contribution in [0.4, 0.5) is 0 Å². The predicted molar refractivity (Wildman–Crippen MR) is 83.4 cm³/mol. The van der Waals surface area contributed by atoms with Gasteiger partial charge < -0.3 is 14.7 Å². The normalized spacial score (nSPS) is 18.9. The Morgan fingerprint density at radius 1 is 1.38 bits per heavy atom. The van der Waals surface area contributed by atoms with Crippen LogP contribution in [0.1, 0.15) is 38.4 Å². The molecule has 1 aromatic heterocycles. The van der Waals surface area contributed by atoms with Crippen LogP contribution in [-0.4, -0.2) is 46.8 Å². The van der Waals surface area contributed by atoms with Crippen molar-refractivity contribution in [2.45, 2.75) is 44.9 Å². The second-order valence-electron chi connectivity index (χ2n) is 5.76. The fourth-order valence-electron chi connectivity index (χ4n) is 2.55. The molecule has 1 fully saturated rings. The SMILES string of the molecule is CC(C)Oc1ccc([C@@H](O)[C@@H](CN2CCCC2)NCl)cn1. The fraction of sp³-hybridized carbons (Fsp3) is 0.667. The molecule has 0 amide bonds. The third kappa shape index (κ3) is 4.81. The average Bonchev–Trinajstić information content (AvgIpc) is 2.97. The lowest BCUT2D eigenvalue weighted by Gasteiger charge is -2.26. The Hall–Kier alpha value is -0.880. The fourth-order valence-corrected chi connectivity index (χ4v) is 2.74. The molecule has 0 aromatic carbocycles. The van der Waals surface area contributed by atoms with Crippen molar-refractivity contribution < 1.29 is 9.84 Å². The Morgan fingerprint density at radius 3 is 2.62 bits per heavy atom. The molecule has 5 nitrogen and oxygen atoms in total. The van der Waals surface area contributed by atoms with Gasteiger partial charge in [0.25, 0.3) is 0 Å². The van der Waals surface area contributed by atoms with E-state index >= 15 is 0 Å². The highest BCUT2D eigenvalue weighted by Crippen LogP contribution is 2.21. The van der Waals surface area contributed by atoms with Crippen molar-refractivity contribution in [3.63, 3.8) is 0 Å². The van der Waals surface area contributed by atoms with Crippen LogP contribution >= 0.6 is 11.8 Å². The van der Waals surface area contributed by atoms with Crippen molar-refractivity contribution in [3.8, 4) is 5.88 Å². The number of nitrogens with one attached hydrogen (secondary N) is 1. The molecule has 0 aliphatic carbocycles. The second-order valence-corrected chi connectivity index (χ2v) is 5.98. The number of halogens is 1. The molecule has 0 radical (unpaired) electrons. The van der Waals surface area contributed by atoms with E-state index in [1.165, 1.54) is 12.8 Å². The van der Waals surface area contributed by atoms with Gasteiger partial charge in [0.2, 0.25) is 5.88 Å². The largest absolute Gasteiger partial charge is 0.475 e. The van der Waals surface area contributed by atoms with E-state index in [0.29, 0.717) is 5.88 Å². The molecule has 6 heteroatoms. The maximum Gasteiger partial charge on any atom is 0.213 e. The van der Waals surface area contributed by atoms with Crippen LogP contribution < -0.4 is 9.57 Å². The van der Waals surface area contributed by atoms with Crippen LogP contribution in [0.3, 0.4) is 0 Å². The average molecular weight is 314 g/mol. The van der Waals surface area contributed by atoms with E-state index in [0.717, 1.165) is 25.2 Å². The molecule has 118 valence electrons. The number of aromatic nitrogens is 1. The lowest BCUT2D eigenvalue weighted by atomic mass is 10.0. The summed E-state index contributed by atoms with van der Waals surface area (Å²) < 4.78 is 5.50. The lowest BCUT2D eigenvalue weighted by molar-refractivity contribution is 0.117. The topological polar surface area (TPSA) is 57.6 Å². The number of ether oxygens (including phenoxy) is 1. The molecule has 1 aliphatic rings. The zero-order valence-electron chi connectivity index (χ0n) is 12.6. The number of likely N-dealkylation sites (tertiary alicyclic amines) is 1. The van der Waals surface area contributed by atoms with E-state index in [1.807, 2.05) is 19.9 Å². The molecule has 2 atom stereocenters. The van der Waals surface area contributed by atoms with Gasteiger partial charge in [-0.3, -0.25) is 0 Å². The smallest absolute Gasteiger partial charge is 0.213 e. The molecule has 2 heterocycles. The molecular weight excluding hydrogens is 290 g/mol. The molecule has 0 spiro atoms. The molecule has 1 aromatic rings. The quantitative estimate of drug-likeness (QED) is 0.755. The molecule has 1 aliphatic heterocycles. The Bertz CT molecular complexity index is 421. The molecule has 21 heavy (non-hydrogen) atoms. The number of aliphatic hydroxyl groups is 1. The van der Waals surface area contributed by atoms with Gasteiger partial charge in [0.05, 0.1) is 18.2 Å². The number of hydrogen-bond donors (Lipinski definition) is 2. The molecule has 2 rings (SSSR count). The minimum absolute atomic E-state index is 0.0840. The van der Waals surface area contributed by atoms with Crippen LogP contribution in [0.25, 0.3) is 0 Å². The first-order valence-electron chi connectivity index (χ1n) is 7.49. The first kappa shape index (κ1) is 16.5. The molecule has 0 bridgehead atoms. The van der Waals surface area contributed by atoms with Crippen molar-refractivity contribution in [1.82, 2.24) is 14.7 Å². The summed E-state index contributed by atoms with van der Waals surface area (Å²) in [4.78, 5) is 9.23. The van der Waals surface area contributed by atoms with Crippen LogP contribution in [0.5, 0.6) is 5.88 Å². The lowest BCUT2D eigenvalue weighted by Crippen LogP contribution is -2.40. The Labute approximate surface area is 131 Å². The van der Waals surface area contributed by atoms with Gasteiger partial charge in [0.1, 0.15) is 0 Å². The summed E-state index contributed by atoms with van der Waals surface area (Å²) in [5.41, 5.74) is 0.739. The van der Waals surface area contributed by atoms with Crippen LogP contribution in [0.2, 0.25) is 0 Å². The summed E-state index contributed by atoms with van der Waals surface area (Å²) in [6.07, 6.45) is 3.47. The minimum Gasteiger partial charge on any atom is -0.475 e. The standard InChI is InChI=1S/C15H24ClN3O2/c1-11(2)21-14-6-5-12(9-17-14)15(20)13(18-16)10-19-7-3-4-8-19/h5-6,9,11,13,15,18,20H,3-4,7-8,10H2,1-2H3/t13-,15-/m1/s1. The molecule has 1 saturated heterocycles. The van der Waals surface area contributed by atoms with Crippen LogP contribution in [-0.2, 0) is 0 Å². The van der Waals surface area contributed by atoms with E-state index in [1.54, 1.807) is 12.3 Å². The molecule has 2 N–H and O–H groups in total. The number of pyridine rings is 1. The number of hydrogen-bond acceptors (Lipinski definition) is 5. The Kier molecular flexibility index (Phi) is 6.23. The van der Waals surface area contributed by atoms with E-state index in [-0.39, 0.29) is 12.1 Å². The zero-order chi connectivity index (χ0) is 15.2. The zero-order valence-corrected chi connectivity index (χ0v) is 13.4. The summed E-state index contributed by atoms with van der Waals surface area (Å²) in [5.74, 6) is 0.566. The molecular formula is C15H24ClN3O2. The first-order chi connectivity index (χ1) is 10.1. The van der Waals surface area contributed by atoms with Gasteiger partial charge in [-0.15, -0.1) is 0 Å². The van der Waals surface area contributed by atoms with Crippen molar-refractivity contribution in [1.29, 1.82) is 0 Å². The van der Waals surface area contributed by atoms with Crippen molar-refractivity contribution in [2.24, 2.45) is 0 Å². The Morgan fingerprint density at radius 2 is 2.10 bits per heavy atom. The first-order valence-corrected chi connectivity index (χ1v) is 7.87. The van der Waals surface area contributed by atoms with E-state index in [4.69, 9.17) is 16.5 Å². The Balaban J connectivity index is 1.97. The van der Waals surface area contributed by atoms with Gasteiger partial charge in [-0.25, -0.2) is 9.82 Å². The second kappa shape index (κ2) is 7.94. The number of rotatable bonds is 7. The predicted octanol–water partition coefficient (Wildman–Crippen LogP) is 2.11. The number of nitrogens with zero attached hydrogens (tertiary/aromatic N) is 2. The van der Waals surface area contributed by atoms with Crippen LogP contribution in [0.15, 0.2) is 18.3 Å². The molecule has 0 unspecified atom stereocenters. The minimum atomic E-state index is -0.691. The summed E-state index contributed by atoms with van der Waals surface area (Å²) in [7, 11) is 0. The summed E-state index contributed by atoms with van der Waals surface area (Å²) in [5, 5.41) is 10.5. The third-order valence-electron chi connectivity index (χ3n) is 3.63. The number of aliphatic hydroxyl groups excluding tert-OH is 1. The van der Waals surface area contributed by atoms with E-state index in [9.17, 15) is 5.11 Å². The third-order valence-corrected chi connectivity index (χ3v) is 3.91. The summed E-state index contributed by atoms with van der Waals surface area (Å²) >= 11 is 5.81. The monoisotopic (exact) mass is 313 g/mol. The van der Waals surface area contributed by atoms with Crippen LogP contribution in [0, 0.1) is 0 Å². The molecule has 0 saturated carbocycles. The maximum absolute atomic E-state index is 10.5. The van der Waals surface area contributed by atoms with Gasteiger partial charge >= 0.3 is 0 Å². The van der Waals surface area contributed by atoms with Gasteiger partial charge in [0.15, 0.2) is 0 Å². The summed E-state index contributed by atoms with van der Waals surface area (Å²) in [6.45, 7) is 6.78. The van der Waals surface area contributed by atoms with Gasteiger partial charge in [-0.1, -0.05) is 0 Å². The van der Waals surface area contributed by atoms with E-state index in [2.05, 4.69) is 14.7 Å². The van der Waals surface area contributed by atoms with Crippen molar-refractivity contribution >= 4 is 11.8 Å².